The molecule has 2 aromatic carbocycles. The maximum atomic E-state index is 13.4. The molecule has 0 saturated heterocycles. The van der Waals surface area contributed by atoms with E-state index in [1.807, 2.05) is 30.3 Å². The minimum absolute atomic E-state index is 0.240. The second-order valence-corrected chi connectivity index (χ2v) is 5.70. The molecule has 124 valence electrons. The van der Waals surface area contributed by atoms with Gasteiger partial charge in [0.05, 0.1) is 18.2 Å². The Bertz CT molecular complexity index is 632. The highest BCUT2D eigenvalue weighted by molar-refractivity contribution is 5.24. The zero-order chi connectivity index (χ0) is 16.9. The van der Waals surface area contributed by atoms with Crippen molar-refractivity contribution in [1.82, 2.24) is 5.32 Å². The molecular weight excluding hydrogens is 300 g/mol. The molecule has 0 aliphatic rings. The maximum absolute atomic E-state index is 13.4. The number of rotatable bonds is 7. The van der Waals surface area contributed by atoms with Gasteiger partial charge in [0.1, 0.15) is 0 Å². The highest BCUT2D eigenvalue weighted by Gasteiger charge is 2.24. The van der Waals surface area contributed by atoms with Gasteiger partial charge in [-0.25, -0.2) is 8.78 Å². The Kier molecular flexibility index (Phi) is 5.82. The van der Waals surface area contributed by atoms with Gasteiger partial charge < -0.3 is 15.2 Å². The molecule has 2 aromatic rings. The summed E-state index contributed by atoms with van der Waals surface area (Å²) >= 11 is 0. The zero-order valence-corrected chi connectivity index (χ0v) is 13.2. The minimum Gasteiger partial charge on any atom is -0.384 e. The highest BCUT2D eigenvalue weighted by Crippen LogP contribution is 2.22. The number of hydrogen-bond acceptors (Lipinski definition) is 3. The van der Waals surface area contributed by atoms with E-state index in [1.54, 1.807) is 6.92 Å². The Morgan fingerprint density at radius 3 is 2.43 bits per heavy atom. The molecule has 2 N–H and O–H groups in total. The standard InChI is InChI=1S/C18H21F2NO2/c1-18(22,14-6-4-3-5-7-14)12-21-17(11-23-2)13-8-9-15(19)16(20)10-13/h3-10,17,21-22H,11-12H2,1-2H3. The first-order valence-corrected chi connectivity index (χ1v) is 7.39. The SMILES string of the molecule is COCC(NCC(C)(O)c1ccccc1)c1ccc(F)c(F)c1. The largest absolute Gasteiger partial charge is 0.384 e. The number of nitrogens with one attached hydrogen (secondary N) is 1. The lowest BCUT2D eigenvalue weighted by Crippen LogP contribution is -2.38. The van der Waals surface area contributed by atoms with Crippen molar-refractivity contribution in [2.75, 3.05) is 20.3 Å². The summed E-state index contributed by atoms with van der Waals surface area (Å²) < 4.78 is 31.6. The van der Waals surface area contributed by atoms with E-state index in [4.69, 9.17) is 4.74 Å². The second-order valence-electron chi connectivity index (χ2n) is 5.70. The average Bonchev–Trinajstić information content (AvgIpc) is 2.55. The molecule has 2 rings (SSSR count). The monoisotopic (exact) mass is 321 g/mol. The van der Waals surface area contributed by atoms with Gasteiger partial charge in [-0.05, 0) is 30.2 Å². The van der Waals surface area contributed by atoms with Gasteiger partial charge in [0.25, 0.3) is 0 Å². The molecule has 0 aliphatic heterocycles. The summed E-state index contributed by atoms with van der Waals surface area (Å²) in [5.41, 5.74) is 0.245. The quantitative estimate of drug-likeness (QED) is 0.823. The molecule has 0 heterocycles. The van der Waals surface area contributed by atoms with Crippen molar-refractivity contribution >= 4 is 0 Å². The molecular formula is C18H21F2NO2. The summed E-state index contributed by atoms with van der Waals surface area (Å²) in [6.45, 7) is 2.21. The molecule has 0 saturated carbocycles. The molecule has 23 heavy (non-hydrogen) atoms. The number of aliphatic hydroxyl groups is 1. The van der Waals surface area contributed by atoms with Gasteiger partial charge in [-0.2, -0.15) is 0 Å². The molecule has 0 amide bonds. The Morgan fingerprint density at radius 2 is 1.83 bits per heavy atom. The van der Waals surface area contributed by atoms with Crippen molar-refractivity contribution in [3.63, 3.8) is 0 Å². The van der Waals surface area contributed by atoms with Crippen LogP contribution in [0.15, 0.2) is 48.5 Å². The van der Waals surface area contributed by atoms with E-state index in [9.17, 15) is 13.9 Å². The molecule has 0 spiro atoms. The van der Waals surface area contributed by atoms with Crippen molar-refractivity contribution in [3.8, 4) is 0 Å². The van der Waals surface area contributed by atoms with Gasteiger partial charge in [-0.15, -0.1) is 0 Å². The van der Waals surface area contributed by atoms with E-state index in [0.717, 1.165) is 17.7 Å². The van der Waals surface area contributed by atoms with Gasteiger partial charge in [0.15, 0.2) is 11.6 Å². The summed E-state index contributed by atoms with van der Waals surface area (Å²) in [6.07, 6.45) is 0. The lowest BCUT2D eigenvalue weighted by Gasteiger charge is -2.28. The van der Waals surface area contributed by atoms with Crippen molar-refractivity contribution in [2.45, 2.75) is 18.6 Å². The first kappa shape index (κ1) is 17.5. The van der Waals surface area contributed by atoms with E-state index < -0.39 is 17.2 Å². The van der Waals surface area contributed by atoms with E-state index in [0.29, 0.717) is 5.56 Å². The number of benzene rings is 2. The van der Waals surface area contributed by atoms with Crippen molar-refractivity contribution < 1.29 is 18.6 Å². The van der Waals surface area contributed by atoms with Crippen LogP contribution in [-0.2, 0) is 10.3 Å². The third kappa shape index (κ3) is 4.58. The highest BCUT2D eigenvalue weighted by atomic mass is 19.2. The van der Waals surface area contributed by atoms with Crippen LogP contribution in [-0.4, -0.2) is 25.4 Å². The molecule has 5 heteroatoms. The summed E-state index contributed by atoms with van der Waals surface area (Å²) in [5.74, 6) is -1.79. The molecule has 0 aliphatic carbocycles. The molecule has 2 atom stereocenters. The first-order chi connectivity index (χ1) is 10.9. The van der Waals surface area contributed by atoms with Crippen molar-refractivity contribution in [2.24, 2.45) is 0 Å². The molecule has 2 unspecified atom stereocenters. The van der Waals surface area contributed by atoms with E-state index in [2.05, 4.69) is 5.32 Å². The van der Waals surface area contributed by atoms with Crippen LogP contribution in [0.3, 0.4) is 0 Å². The third-order valence-electron chi connectivity index (χ3n) is 3.77. The molecule has 0 radical (unpaired) electrons. The van der Waals surface area contributed by atoms with Gasteiger partial charge >= 0.3 is 0 Å². The van der Waals surface area contributed by atoms with Crippen LogP contribution in [0.25, 0.3) is 0 Å². The Hall–Kier alpha value is -1.82. The van der Waals surface area contributed by atoms with Crippen LogP contribution in [0.2, 0.25) is 0 Å². The van der Waals surface area contributed by atoms with Gasteiger partial charge in [0.2, 0.25) is 0 Å². The van der Waals surface area contributed by atoms with Crippen molar-refractivity contribution in [1.29, 1.82) is 0 Å². The van der Waals surface area contributed by atoms with Crippen molar-refractivity contribution in [3.05, 3.63) is 71.3 Å². The van der Waals surface area contributed by atoms with Gasteiger partial charge in [-0.1, -0.05) is 36.4 Å². The van der Waals surface area contributed by atoms with E-state index in [-0.39, 0.29) is 19.2 Å². The van der Waals surface area contributed by atoms with E-state index >= 15 is 0 Å². The normalized spacial score (nSPS) is 15.2. The number of halogens is 2. The first-order valence-electron chi connectivity index (χ1n) is 7.39. The van der Waals surface area contributed by atoms with Crippen LogP contribution in [0.1, 0.15) is 24.1 Å². The Balaban J connectivity index is 2.12. The second kappa shape index (κ2) is 7.64. The Morgan fingerprint density at radius 1 is 1.13 bits per heavy atom. The summed E-state index contributed by atoms with van der Waals surface area (Å²) in [6, 6.07) is 12.6. The van der Waals surface area contributed by atoms with Crippen LogP contribution in [0.4, 0.5) is 8.78 Å². The summed E-state index contributed by atoms with van der Waals surface area (Å²) in [7, 11) is 1.53. The zero-order valence-electron chi connectivity index (χ0n) is 13.2. The lowest BCUT2D eigenvalue weighted by molar-refractivity contribution is 0.0487. The van der Waals surface area contributed by atoms with Crippen LogP contribution < -0.4 is 5.32 Å². The molecule has 3 nitrogen and oxygen atoms in total. The fourth-order valence-corrected chi connectivity index (χ4v) is 2.39. The molecule has 0 aromatic heterocycles. The Labute approximate surface area is 134 Å². The summed E-state index contributed by atoms with van der Waals surface area (Å²) in [5, 5.41) is 13.8. The fourth-order valence-electron chi connectivity index (χ4n) is 2.39. The molecule has 0 fully saturated rings. The predicted molar refractivity (Wildman–Crippen MR) is 85.0 cm³/mol. The van der Waals surface area contributed by atoms with Crippen LogP contribution >= 0.6 is 0 Å². The van der Waals surface area contributed by atoms with Gasteiger partial charge in [0, 0.05) is 13.7 Å². The topological polar surface area (TPSA) is 41.5 Å². The number of ether oxygens (including phenoxy) is 1. The lowest BCUT2D eigenvalue weighted by atomic mass is 9.95. The van der Waals surface area contributed by atoms with Crippen LogP contribution in [0.5, 0.6) is 0 Å². The smallest absolute Gasteiger partial charge is 0.159 e. The van der Waals surface area contributed by atoms with E-state index in [1.165, 1.54) is 13.2 Å². The molecule has 0 bridgehead atoms. The fraction of sp³-hybridized carbons (Fsp3) is 0.333. The maximum Gasteiger partial charge on any atom is 0.159 e. The number of methoxy groups -OCH3 is 1. The average molecular weight is 321 g/mol. The predicted octanol–water partition coefficient (Wildman–Crippen LogP) is 3.15. The van der Waals surface area contributed by atoms with Gasteiger partial charge in [-0.3, -0.25) is 0 Å². The minimum atomic E-state index is -1.09. The summed E-state index contributed by atoms with van der Waals surface area (Å²) in [4.78, 5) is 0. The van der Waals surface area contributed by atoms with Crippen LogP contribution in [0, 0.1) is 11.6 Å². The number of hydrogen-bond donors (Lipinski definition) is 2. The third-order valence-corrected chi connectivity index (χ3v) is 3.77.